The van der Waals surface area contributed by atoms with E-state index in [1.807, 2.05) is 30.3 Å². The standard InChI is InChI=1S/C27H26ClFN4O5S/c1-15-11-17(34)12-21(37-15)38-23-19(29)8-7-18(22(23)28)24-31-30-20(39-24)14-33-26(36)32(25(35)27(33)9-10-27)13-16-5-3-2-4-6-16/h2-8,15,17,21,34H,9-14H2,1H3. The number of halogens is 2. The quantitative estimate of drug-likeness (QED) is 0.407. The second kappa shape index (κ2) is 10.1. The van der Waals surface area contributed by atoms with Gasteiger partial charge in [-0.3, -0.25) is 9.69 Å². The Morgan fingerprint density at radius 1 is 1.15 bits per heavy atom. The van der Waals surface area contributed by atoms with Gasteiger partial charge >= 0.3 is 6.03 Å². The zero-order valence-corrected chi connectivity index (χ0v) is 22.6. The Labute approximate surface area is 233 Å². The van der Waals surface area contributed by atoms with E-state index in [0.29, 0.717) is 34.8 Å². The van der Waals surface area contributed by atoms with Gasteiger partial charge in [-0.25, -0.2) is 9.18 Å². The minimum atomic E-state index is -0.844. The number of carbonyl (C=O) groups is 2. The van der Waals surface area contributed by atoms with Gasteiger partial charge in [-0.1, -0.05) is 53.3 Å². The van der Waals surface area contributed by atoms with Gasteiger partial charge in [0.25, 0.3) is 5.91 Å². The molecule has 1 N–H and O–H groups in total. The van der Waals surface area contributed by atoms with Crippen LogP contribution in [0, 0.1) is 5.82 Å². The van der Waals surface area contributed by atoms with Gasteiger partial charge in [0.1, 0.15) is 15.6 Å². The molecule has 1 saturated carbocycles. The maximum Gasteiger partial charge on any atom is 0.328 e. The van der Waals surface area contributed by atoms with Crippen molar-refractivity contribution in [1.82, 2.24) is 20.0 Å². The highest BCUT2D eigenvalue weighted by Gasteiger charge is 2.64. The van der Waals surface area contributed by atoms with Crippen molar-refractivity contribution < 1.29 is 28.6 Å². The van der Waals surface area contributed by atoms with Crippen molar-refractivity contribution in [3.05, 3.63) is 63.9 Å². The van der Waals surface area contributed by atoms with Gasteiger partial charge in [-0.15, -0.1) is 10.2 Å². The number of urea groups is 1. The number of carbonyl (C=O) groups excluding carboxylic acids is 2. The normalized spacial score (nSPS) is 24.1. The summed E-state index contributed by atoms with van der Waals surface area (Å²) in [4.78, 5) is 29.4. The van der Waals surface area contributed by atoms with Crippen LogP contribution in [0.4, 0.5) is 9.18 Å². The molecule has 12 heteroatoms. The molecule has 6 rings (SSSR count). The number of nitrogens with zero attached hydrogens (tertiary/aromatic N) is 4. The van der Waals surface area contributed by atoms with Crippen LogP contribution in [-0.4, -0.2) is 61.1 Å². The number of ether oxygens (including phenoxy) is 2. The van der Waals surface area contributed by atoms with Crippen molar-refractivity contribution in [3.8, 4) is 16.3 Å². The second-order valence-electron chi connectivity index (χ2n) is 10.1. The first-order valence-corrected chi connectivity index (χ1v) is 13.9. The fourth-order valence-corrected chi connectivity index (χ4v) is 6.36. The average molecular weight is 573 g/mol. The molecule has 0 radical (unpaired) electrons. The van der Waals surface area contributed by atoms with E-state index in [-0.39, 0.29) is 48.3 Å². The third kappa shape index (κ3) is 4.88. The summed E-state index contributed by atoms with van der Waals surface area (Å²) in [6, 6.07) is 11.8. The van der Waals surface area contributed by atoms with E-state index in [1.54, 1.807) is 11.8 Å². The molecule has 3 aliphatic rings. The zero-order chi connectivity index (χ0) is 27.3. The predicted octanol–water partition coefficient (Wildman–Crippen LogP) is 4.76. The maximum atomic E-state index is 14.7. The summed E-state index contributed by atoms with van der Waals surface area (Å²) in [5, 5.41) is 19.4. The van der Waals surface area contributed by atoms with Crippen molar-refractivity contribution in [2.24, 2.45) is 0 Å². The summed E-state index contributed by atoms with van der Waals surface area (Å²) in [5.41, 5.74) is 0.465. The first-order valence-electron chi connectivity index (χ1n) is 12.7. The highest BCUT2D eigenvalue weighted by Crippen LogP contribution is 2.49. The molecule has 2 saturated heterocycles. The van der Waals surface area contributed by atoms with Crippen LogP contribution in [0.5, 0.6) is 5.75 Å². The zero-order valence-electron chi connectivity index (χ0n) is 21.0. The van der Waals surface area contributed by atoms with Crippen molar-refractivity contribution in [3.63, 3.8) is 0 Å². The SMILES string of the molecule is CC1CC(O)CC(Oc2c(F)ccc(-c3nnc(CN4C(=O)N(Cc5ccccc5)C(=O)C45CC5)s3)c2Cl)O1. The Hall–Kier alpha value is -3.12. The van der Waals surface area contributed by atoms with E-state index in [1.165, 1.54) is 28.4 Å². The summed E-state index contributed by atoms with van der Waals surface area (Å²) in [6.45, 7) is 2.15. The highest BCUT2D eigenvalue weighted by molar-refractivity contribution is 7.14. The van der Waals surface area contributed by atoms with Crippen LogP contribution < -0.4 is 4.74 Å². The number of benzene rings is 2. The van der Waals surface area contributed by atoms with Crippen LogP contribution in [0.25, 0.3) is 10.6 Å². The number of hydrogen-bond donors (Lipinski definition) is 1. The van der Waals surface area contributed by atoms with Crippen LogP contribution >= 0.6 is 22.9 Å². The van der Waals surface area contributed by atoms with Crippen molar-refractivity contribution in [2.45, 2.75) is 69.7 Å². The molecule has 1 aliphatic carbocycles. The molecule has 3 fully saturated rings. The molecule has 1 spiro atoms. The topological polar surface area (TPSA) is 105 Å². The minimum absolute atomic E-state index is 0.00847. The summed E-state index contributed by atoms with van der Waals surface area (Å²) >= 11 is 7.76. The molecular weight excluding hydrogens is 547 g/mol. The lowest BCUT2D eigenvalue weighted by Gasteiger charge is -2.31. The molecule has 1 aromatic heterocycles. The van der Waals surface area contributed by atoms with Crippen LogP contribution in [-0.2, 0) is 22.6 Å². The first kappa shape index (κ1) is 26.1. The lowest BCUT2D eigenvalue weighted by atomic mass is 10.1. The monoisotopic (exact) mass is 572 g/mol. The van der Waals surface area contributed by atoms with Crippen molar-refractivity contribution in [2.75, 3.05) is 0 Å². The largest absolute Gasteiger partial charge is 0.460 e. The number of rotatable bonds is 7. The van der Waals surface area contributed by atoms with Gasteiger partial charge in [-0.2, -0.15) is 0 Å². The van der Waals surface area contributed by atoms with Crippen LogP contribution in [0.15, 0.2) is 42.5 Å². The molecule has 2 aliphatic heterocycles. The lowest BCUT2D eigenvalue weighted by Crippen LogP contribution is -2.37. The summed E-state index contributed by atoms with van der Waals surface area (Å²) < 4.78 is 26.1. The van der Waals surface area contributed by atoms with Gasteiger partial charge in [-0.05, 0) is 43.9 Å². The van der Waals surface area contributed by atoms with E-state index in [0.717, 1.165) is 5.56 Å². The molecule has 9 nitrogen and oxygen atoms in total. The van der Waals surface area contributed by atoms with Crippen LogP contribution in [0.1, 0.15) is 43.2 Å². The van der Waals surface area contributed by atoms with E-state index in [9.17, 15) is 19.1 Å². The van der Waals surface area contributed by atoms with E-state index in [4.69, 9.17) is 21.1 Å². The Morgan fingerprint density at radius 2 is 1.92 bits per heavy atom. The van der Waals surface area contributed by atoms with Gasteiger partial charge in [0, 0.05) is 12.0 Å². The Kier molecular flexibility index (Phi) is 6.78. The molecule has 3 amide bonds. The number of imide groups is 1. The van der Waals surface area contributed by atoms with Crippen molar-refractivity contribution >= 4 is 34.9 Å². The summed E-state index contributed by atoms with van der Waals surface area (Å²) in [7, 11) is 0. The molecular formula is C27H26ClFN4O5S. The number of amides is 3. The summed E-state index contributed by atoms with van der Waals surface area (Å²) in [5.74, 6) is -1.04. The van der Waals surface area contributed by atoms with Crippen LogP contribution in [0.2, 0.25) is 5.02 Å². The number of aliphatic hydroxyl groups excluding tert-OH is 1. The predicted molar refractivity (Wildman–Crippen MR) is 140 cm³/mol. The van der Waals surface area contributed by atoms with Gasteiger partial charge in [0.2, 0.25) is 6.29 Å². The van der Waals surface area contributed by atoms with Gasteiger partial charge < -0.3 is 19.5 Å². The molecule has 0 bridgehead atoms. The number of hydrogen-bond acceptors (Lipinski definition) is 8. The molecule has 3 aromatic rings. The molecule has 3 heterocycles. The average Bonchev–Trinajstić information content (AvgIpc) is 3.54. The lowest BCUT2D eigenvalue weighted by molar-refractivity contribution is -0.170. The molecule has 204 valence electrons. The Morgan fingerprint density at radius 3 is 2.64 bits per heavy atom. The Bertz CT molecular complexity index is 1410. The van der Waals surface area contributed by atoms with Crippen molar-refractivity contribution in [1.29, 1.82) is 0 Å². The maximum absolute atomic E-state index is 14.7. The highest BCUT2D eigenvalue weighted by atomic mass is 35.5. The number of aromatic nitrogens is 2. The fourth-order valence-electron chi connectivity index (χ4n) is 5.16. The fraction of sp³-hybridized carbons (Fsp3) is 0.407. The van der Waals surface area contributed by atoms with E-state index >= 15 is 0 Å². The van der Waals surface area contributed by atoms with Gasteiger partial charge in [0.15, 0.2) is 11.6 Å². The van der Waals surface area contributed by atoms with Crippen LogP contribution in [0.3, 0.4) is 0 Å². The van der Waals surface area contributed by atoms with E-state index < -0.39 is 23.8 Å². The second-order valence-corrected chi connectivity index (χ2v) is 11.6. The first-order chi connectivity index (χ1) is 18.7. The minimum Gasteiger partial charge on any atom is -0.460 e. The smallest absolute Gasteiger partial charge is 0.328 e. The molecule has 3 atom stereocenters. The summed E-state index contributed by atoms with van der Waals surface area (Å²) in [6.07, 6.45) is 0.175. The third-order valence-corrected chi connectivity index (χ3v) is 8.59. The molecule has 3 unspecified atom stereocenters. The third-order valence-electron chi connectivity index (χ3n) is 7.27. The molecule has 2 aromatic carbocycles. The Balaban J connectivity index is 1.21. The molecule has 39 heavy (non-hydrogen) atoms. The number of aliphatic hydroxyl groups is 1. The van der Waals surface area contributed by atoms with E-state index in [2.05, 4.69) is 10.2 Å². The van der Waals surface area contributed by atoms with Gasteiger partial charge in [0.05, 0.1) is 30.3 Å².